The number of nitrogens with two attached hydrogens (primary N) is 1. The first-order valence-electron chi connectivity index (χ1n) is 6.96. The molecule has 19 heavy (non-hydrogen) atoms. The lowest BCUT2D eigenvalue weighted by atomic mass is 10.1. The molecule has 2 atom stereocenters. The van der Waals surface area contributed by atoms with Crippen LogP contribution in [0, 0.1) is 0 Å². The van der Waals surface area contributed by atoms with Crippen LogP contribution in [-0.4, -0.2) is 42.9 Å². The lowest BCUT2D eigenvalue weighted by molar-refractivity contribution is 0.0602. The largest absolute Gasteiger partial charge is 0.387 e. The van der Waals surface area contributed by atoms with Crippen LogP contribution in [0.25, 0.3) is 0 Å². The highest BCUT2D eigenvalue weighted by Gasteiger charge is 2.19. The summed E-state index contributed by atoms with van der Waals surface area (Å²) in [4.78, 5) is 2.14. The molecule has 1 heterocycles. The summed E-state index contributed by atoms with van der Waals surface area (Å²) in [5.41, 5.74) is 7.59. The number of ether oxygens (including phenoxy) is 1. The Kier molecular flexibility index (Phi) is 5.34. The van der Waals surface area contributed by atoms with Crippen LogP contribution in [0.1, 0.15) is 30.1 Å². The normalized spacial score (nSPS) is 20.9. The van der Waals surface area contributed by atoms with Gasteiger partial charge in [0.25, 0.3) is 0 Å². The van der Waals surface area contributed by atoms with Gasteiger partial charge in [-0.05, 0) is 31.0 Å². The van der Waals surface area contributed by atoms with E-state index in [1.165, 1.54) is 0 Å². The van der Waals surface area contributed by atoms with Gasteiger partial charge in [0.15, 0.2) is 0 Å². The van der Waals surface area contributed by atoms with E-state index in [9.17, 15) is 5.11 Å². The molecule has 1 aromatic carbocycles. The van der Waals surface area contributed by atoms with Crippen LogP contribution in [0.2, 0.25) is 0 Å². The van der Waals surface area contributed by atoms with Crippen LogP contribution in [-0.2, 0) is 11.3 Å². The van der Waals surface area contributed by atoms with Crippen LogP contribution in [0.4, 0.5) is 0 Å². The van der Waals surface area contributed by atoms with Crippen molar-refractivity contribution < 1.29 is 9.84 Å². The summed E-state index contributed by atoms with van der Waals surface area (Å²) >= 11 is 0. The van der Waals surface area contributed by atoms with E-state index >= 15 is 0 Å². The summed E-state index contributed by atoms with van der Waals surface area (Å²) in [5, 5.41) is 10.2. The van der Waals surface area contributed by atoms with Crippen molar-refractivity contribution in [3.8, 4) is 0 Å². The maximum Gasteiger partial charge on any atom is 0.0916 e. The average molecular weight is 264 g/mol. The fraction of sp³-hybridized carbons (Fsp3) is 0.600. The molecule has 0 spiro atoms. The Bertz CT molecular complexity index is 374. The van der Waals surface area contributed by atoms with Gasteiger partial charge in [-0.25, -0.2) is 0 Å². The zero-order chi connectivity index (χ0) is 13.7. The molecular weight excluding hydrogens is 240 g/mol. The summed E-state index contributed by atoms with van der Waals surface area (Å²) in [6.07, 6.45) is 2.16. The predicted molar refractivity (Wildman–Crippen MR) is 75.8 cm³/mol. The summed E-state index contributed by atoms with van der Waals surface area (Å²) < 4.78 is 5.60. The van der Waals surface area contributed by atoms with Gasteiger partial charge in [-0.3, -0.25) is 0 Å². The first kappa shape index (κ1) is 14.5. The number of hydrogen-bond acceptors (Lipinski definition) is 4. The number of aliphatic hydroxyl groups is 1. The Morgan fingerprint density at radius 3 is 2.74 bits per heavy atom. The van der Waals surface area contributed by atoms with Crippen molar-refractivity contribution in [2.24, 2.45) is 5.73 Å². The van der Waals surface area contributed by atoms with Crippen molar-refractivity contribution in [3.05, 3.63) is 35.4 Å². The fourth-order valence-corrected chi connectivity index (χ4v) is 2.49. The summed E-state index contributed by atoms with van der Waals surface area (Å²) in [6, 6.07) is 7.84. The standard InChI is InChI=1S/C15H24N2O2/c1-17(10-14-3-2-8-19-14)11-15(18)13-6-4-12(9-16)5-7-13/h4-7,14-15,18H,2-3,8-11,16H2,1H3. The molecule has 3 N–H and O–H groups in total. The Morgan fingerprint density at radius 2 is 2.16 bits per heavy atom. The van der Waals surface area contributed by atoms with Crippen LogP contribution in [0.3, 0.4) is 0 Å². The molecule has 0 amide bonds. The van der Waals surface area contributed by atoms with E-state index in [1.54, 1.807) is 0 Å². The number of rotatable bonds is 6. The molecule has 0 radical (unpaired) electrons. The molecular formula is C15H24N2O2. The molecule has 1 aromatic rings. The van der Waals surface area contributed by atoms with Crippen molar-refractivity contribution in [1.29, 1.82) is 0 Å². The fourth-order valence-electron chi connectivity index (χ4n) is 2.49. The van der Waals surface area contributed by atoms with Gasteiger partial charge in [-0.15, -0.1) is 0 Å². The Labute approximate surface area is 115 Å². The minimum atomic E-state index is -0.460. The Morgan fingerprint density at radius 1 is 1.42 bits per heavy atom. The second kappa shape index (κ2) is 7.01. The van der Waals surface area contributed by atoms with Crippen molar-refractivity contribution in [2.45, 2.75) is 31.6 Å². The third-order valence-electron chi connectivity index (χ3n) is 3.62. The Balaban J connectivity index is 1.82. The molecule has 0 aromatic heterocycles. The molecule has 1 aliphatic rings. The summed E-state index contributed by atoms with van der Waals surface area (Å²) in [5.74, 6) is 0. The van der Waals surface area contributed by atoms with Crippen molar-refractivity contribution in [1.82, 2.24) is 4.90 Å². The Hall–Kier alpha value is -0.940. The number of likely N-dealkylation sites (N-methyl/N-ethyl adjacent to an activating group) is 1. The van der Waals surface area contributed by atoms with Gasteiger partial charge in [0.2, 0.25) is 0 Å². The van der Waals surface area contributed by atoms with Gasteiger partial charge in [0.05, 0.1) is 12.2 Å². The third kappa shape index (κ3) is 4.28. The molecule has 1 fully saturated rings. The van der Waals surface area contributed by atoms with E-state index in [-0.39, 0.29) is 0 Å². The van der Waals surface area contributed by atoms with Gasteiger partial charge in [-0.1, -0.05) is 24.3 Å². The van der Waals surface area contributed by atoms with E-state index in [2.05, 4.69) is 4.90 Å². The number of hydrogen-bond donors (Lipinski definition) is 2. The van der Waals surface area contributed by atoms with Crippen molar-refractivity contribution in [3.63, 3.8) is 0 Å². The molecule has 106 valence electrons. The second-order valence-electron chi connectivity index (χ2n) is 5.32. The van der Waals surface area contributed by atoms with Crippen LogP contribution in [0.15, 0.2) is 24.3 Å². The summed E-state index contributed by atoms with van der Waals surface area (Å²) in [6.45, 7) is 2.93. The van der Waals surface area contributed by atoms with E-state index in [0.717, 1.165) is 37.1 Å². The summed E-state index contributed by atoms with van der Waals surface area (Å²) in [7, 11) is 2.03. The van der Waals surface area contributed by atoms with Crippen molar-refractivity contribution >= 4 is 0 Å². The molecule has 0 aliphatic carbocycles. The van der Waals surface area contributed by atoms with E-state index in [0.29, 0.717) is 19.2 Å². The van der Waals surface area contributed by atoms with Crippen LogP contribution >= 0.6 is 0 Å². The average Bonchev–Trinajstić information content (AvgIpc) is 2.91. The highest BCUT2D eigenvalue weighted by molar-refractivity contribution is 5.24. The maximum absolute atomic E-state index is 10.2. The van der Waals surface area contributed by atoms with Gasteiger partial charge in [0.1, 0.15) is 0 Å². The van der Waals surface area contributed by atoms with Crippen molar-refractivity contribution in [2.75, 3.05) is 26.7 Å². The maximum atomic E-state index is 10.2. The number of nitrogens with zero attached hydrogens (tertiary/aromatic N) is 1. The zero-order valence-electron chi connectivity index (χ0n) is 11.6. The molecule has 1 saturated heterocycles. The molecule has 0 bridgehead atoms. The van der Waals surface area contributed by atoms with E-state index in [4.69, 9.17) is 10.5 Å². The molecule has 2 rings (SSSR count). The van der Waals surface area contributed by atoms with Gasteiger partial charge in [0, 0.05) is 26.2 Å². The topological polar surface area (TPSA) is 58.7 Å². The first-order valence-corrected chi connectivity index (χ1v) is 6.96. The van der Waals surface area contributed by atoms with Gasteiger partial charge >= 0.3 is 0 Å². The lowest BCUT2D eigenvalue weighted by Crippen LogP contribution is -2.32. The van der Waals surface area contributed by atoms with Crippen LogP contribution in [0.5, 0.6) is 0 Å². The minimum Gasteiger partial charge on any atom is -0.387 e. The number of aliphatic hydroxyl groups excluding tert-OH is 1. The molecule has 4 nitrogen and oxygen atoms in total. The molecule has 4 heteroatoms. The zero-order valence-corrected chi connectivity index (χ0v) is 11.6. The highest BCUT2D eigenvalue weighted by atomic mass is 16.5. The van der Waals surface area contributed by atoms with E-state index in [1.807, 2.05) is 31.3 Å². The van der Waals surface area contributed by atoms with Crippen LogP contribution < -0.4 is 5.73 Å². The highest BCUT2D eigenvalue weighted by Crippen LogP contribution is 2.17. The second-order valence-corrected chi connectivity index (χ2v) is 5.32. The quantitative estimate of drug-likeness (QED) is 0.813. The van der Waals surface area contributed by atoms with Gasteiger partial charge in [-0.2, -0.15) is 0 Å². The lowest BCUT2D eigenvalue weighted by Gasteiger charge is -2.23. The minimum absolute atomic E-state index is 0.330. The van der Waals surface area contributed by atoms with Gasteiger partial charge < -0.3 is 20.5 Å². The first-order chi connectivity index (χ1) is 9.19. The number of benzene rings is 1. The SMILES string of the molecule is CN(CC1CCCO1)CC(O)c1ccc(CN)cc1. The molecule has 1 aliphatic heterocycles. The monoisotopic (exact) mass is 264 g/mol. The smallest absolute Gasteiger partial charge is 0.0916 e. The molecule has 2 unspecified atom stereocenters. The van der Waals surface area contributed by atoms with E-state index < -0.39 is 6.10 Å². The predicted octanol–water partition coefficient (Wildman–Crippen LogP) is 1.29. The molecule has 0 saturated carbocycles. The third-order valence-corrected chi connectivity index (χ3v) is 3.62.